The standard InChI is InChI=1S/C12H21N/c1-2-4-7-11(8-5-3-1)12-9-6-10-13-12/h6,10-13H,1-5,7-9H2. The van der Waals surface area contributed by atoms with Gasteiger partial charge in [-0.3, -0.25) is 0 Å². The Morgan fingerprint density at radius 2 is 1.62 bits per heavy atom. The molecule has 0 spiro atoms. The van der Waals surface area contributed by atoms with Crippen LogP contribution in [0, 0.1) is 5.92 Å². The van der Waals surface area contributed by atoms with Gasteiger partial charge in [-0.05, 0) is 31.4 Å². The van der Waals surface area contributed by atoms with Gasteiger partial charge in [0.2, 0.25) is 0 Å². The highest BCUT2D eigenvalue weighted by molar-refractivity contribution is 4.97. The Morgan fingerprint density at radius 1 is 0.923 bits per heavy atom. The third-order valence-corrected chi connectivity index (χ3v) is 3.54. The van der Waals surface area contributed by atoms with Crippen molar-refractivity contribution in [2.24, 2.45) is 5.92 Å². The SMILES string of the molecule is C1=CNC(C2CCCCCCC2)C1. The normalized spacial score (nSPS) is 30.9. The fourth-order valence-corrected chi connectivity index (χ4v) is 2.69. The molecule has 1 aliphatic carbocycles. The minimum Gasteiger partial charge on any atom is -0.388 e. The molecular weight excluding hydrogens is 158 g/mol. The summed E-state index contributed by atoms with van der Waals surface area (Å²) in [6.45, 7) is 0. The minimum absolute atomic E-state index is 0.776. The summed E-state index contributed by atoms with van der Waals surface area (Å²) < 4.78 is 0. The van der Waals surface area contributed by atoms with Gasteiger partial charge in [-0.15, -0.1) is 0 Å². The van der Waals surface area contributed by atoms with E-state index in [1.54, 1.807) is 0 Å². The lowest BCUT2D eigenvalue weighted by molar-refractivity contribution is 0.310. The summed E-state index contributed by atoms with van der Waals surface area (Å²) in [5, 5.41) is 3.49. The molecule has 74 valence electrons. The van der Waals surface area contributed by atoms with E-state index in [2.05, 4.69) is 17.6 Å². The van der Waals surface area contributed by atoms with Crippen molar-refractivity contribution in [3.05, 3.63) is 12.3 Å². The average molecular weight is 179 g/mol. The molecule has 0 bridgehead atoms. The molecule has 1 heteroatoms. The van der Waals surface area contributed by atoms with Gasteiger partial charge in [-0.1, -0.05) is 38.2 Å². The molecule has 1 unspecified atom stereocenters. The second kappa shape index (κ2) is 4.69. The summed E-state index contributed by atoms with van der Waals surface area (Å²) >= 11 is 0. The fraction of sp³-hybridized carbons (Fsp3) is 0.833. The summed E-state index contributed by atoms with van der Waals surface area (Å²) in [4.78, 5) is 0. The maximum Gasteiger partial charge on any atom is 0.0318 e. The third-order valence-electron chi connectivity index (χ3n) is 3.54. The lowest BCUT2D eigenvalue weighted by atomic mass is 9.85. The first kappa shape index (κ1) is 9.11. The van der Waals surface area contributed by atoms with E-state index in [1.165, 1.54) is 51.4 Å². The first-order valence-corrected chi connectivity index (χ1v) is 5.88. The van der Waals surface area contributed by atoms with Gasteiger partial charge < -0.3 is 5.32 Å². The maximum absolute atomic E-state index is 3.49. The molecule has 0 radical (unpaired) electrons. The van der Waals surface area contributed by atoms with Crippen LogP contribution in [-0.4, -0.2) is 6.04 Å². The van der Waals surface area contributed by atoms with Crippen molar-refractivity contribution in [2.45, 2.75) is 57.4 Å². The Labute approximate surface area is 81.6 Å². The summed E-state index contributed by atoms with van der Waals surface area (Å²) in [7, 11) is 0. The van der Waals surface area contributed by atoms with Crippen molar-refractivity contribution in [1.29, 1.82) is 0 Å². The lowest BCUT2D eigenvalue weighted by Crippen LogP contribution is -2.29. The number of nitrogens with one attached hydrogen (secondary N) is 1. The Balaban J connectivity index is 1.81. The van der Waals surface area contributed by atoms with Crippen molar-refractivity contribution in [1.82, 2.24) is 5.32 Å². The monoisotopic (exact) mass is 179 g/mol. The van der Waals surface area contributed by atoms with Crippen LogP contribution in [0.3, 0.4) is 0 Å². The summed E-state index contributed by atoms with van der Waals surface area (Å²) in [5.74, 6) is 0.954. The molecule has 13 heavy (non-hydrogen) atoms. The molecule has 1 aliphatic heterocycles. The maximum atomic E-state index is 3.49. The van der Waals surface area contributed by atoms with Crippen LogP contribution >= 0.6 is 0 Å². The Bertz CT molecular complexity index is 158. The number of hydrogen-bond acceptors (Lipinski definition) is 1. The van der Waals surface area contributed by atoms with Crippen LogP contribution in [0.1, 0.15) is 51.4 Å². The second-order valence-electron chi connectivity index (χ2n) is 4.52. The van der Waals surface area contributed by atoms with E-state index in [0.717, 1.165) is 12.0 Å². The highest BCUT2D eigenvalue weighted by atomic mass is 14.9. The van der Waals surface area contributed by atoms with Crippen LogP contribution < -0.4 is 5.32 Å². The molecule has 0 aromatic heterocycles. The van der Waals surface area contributed by atoms with Gasteiger partial charge in [0.1, 0.15) is 0 Å². The molecule has 1 heterocycles. The molecule has 2 rings (SSSR count). The van der Waals surface area contributed by atoms with E-state index in [4.69, 9.17) is 0 Å². The van der Waals surface area contributed by atoms with E-state index in [-0.39, 0.29) is 0 Å². The van der Waals surface area contributed by atoms with Gasteiger partial charge in [0.15, 0.2) is 0 Å². The Morgan fingerprint density at radius 3 is 2.23 bits per heavy atom. The van der Waals surface area contributed by atoms with Gasteiger partial charge in [-0.2, -0.15) is 0 Å². The molecule has 1 atom stereocenters. The molecule has 2 aliphatic rings. The molecule has 1 saturated carbocycles. The van der Waals surface area contributed by atoms with Crippen molar-refractivity contribution < 1.29 is 0 Å². The predicted molar refractivity (Wildman–Crippen MR) is 56.5 cm³/mol. The quantitative estimate of drug-likeness (QED) is 0.651. The topological polar surface area (TPSA) is 12.0 Å². The number of rotatable bonds is 1. The minimum atomic E-state index is 0.776. The zero-order valence-corrected chi connectivity index (χ0v) is 8.47. The summed E-state index contributed by atoms with van der Waals surface area (Å²) in [6, 6.07) is 0.776. The van der Waals surface area contributed by atoms with Gasteiger partial charge in [0.25, 0.3) is 0 Å². The van der Waals surface area contributed by atoms with Gasteiger partial charge >= 0.3 is 0 Å². The Hall–Kier alpha value is -0.460. The summed E-state index contributed by atoms with van der Waals surface area (Å²) in [5.41, 5.74) is 0. The van der Waals surface area contributed by atoms with Crippen LogP contribution in [0.4, 0.5) is 0 Å². The molecule has 1 N–H and O–H groups in total. The first-order chi connectivity index (χ1) is 6.47. The molecule has 1 fully saturated rings. The van der Waals surface area contributed by atoms with E-state index in [9.17, 15) is 0 Å². The van der Waals surface area contributed by atoms with E-state index in [1.807, 2.05) is 0 Å². The third kappa shape index (κ3) is 2.49. The molecule has 1 nitrogen and oxygen atoms in total. The van der Waals surface area contributed by atoms with Crippen molar-refractivity contribution in [3.8, 4) is 0 Å². The highest BCUT2D eigenvalue weighted by Gasteiger charge is 2.21. The smallest absolute Gasteiger partial charge is 0.0318 e. The zero-order valence-electron chi connectivity index (χ0n) is 8.47. The van der Waals surface area contributed by atoms with Crippen molar-refractivity contribution >= 4 is 0 Å². The molecule has 0 aromatic rings. The lowest BCUT2D eigenvalue weighted by Gasteiger charge is -2.25. The first-order valence-electron chi connectivity index (χ1n) is 5.88. The predicted octanol–water partition coefficient (Wildman–Crippen LogP) is 3.22. The van der Waals surface area contributed by atoms with E-state index in [0.29, 0.717) is 0 Å². The van der Waals surface area contributed by atoms with Crippen LogP contribution in [0.25, 0.3) is 0 Å². The second-order valence-corrected chi connectivity index (χ2v) is 4.52. The van der Waals surface area contributed by atoms with Gasteiger partial charge in [0, 0.05) is 6.04 Å². The highest BCUT2D eigenvalue weighted by Crippen LogP contribution is 2.27. The van der Waals surface area contributed by atoms with E-state index < -0.39 is 0 Å². The largest absolute Gasteiger partial charge is 0.388 e. The van der Waals surface area contributed by atoms with Crippen LogP contribution in [0.2, 0.25) is 0 Å². The van der Waals surface area contributed by atoms with Crippen molar-refractivity contribution in [2.75, 3.05) is 0 Å². The average Bonchev–Trinajstić information content (AvgIpc) is 2.55. The summed E-state index contributed by atoms with van der Waals surface area (Å²) in [6.07, 6.45) is 15.9. The Kier molecular flexibility index (Phi) is 3.28. The molecular formula is C12H21N. The van der Waals surface area contributed by atoms with Crippen LogP contribution in [0.5, 0.6) is 0 Å². The molecule has 0 saturated heterocycles. The van der Waals surface area contributed by atoms with Crippen LogP contribution in [-0.2, 0) is 0 Å². The molecule has 0 amide bonds. The van der Waals surface area contributed by atoms with Gasteiger partial charge in [0.05, 0.1) is 0 Å². The van der Waals surface area contributed by atoms with Crippen LogP contribution in [0.15, 0.2) is 12.3 Å². The fourth-order valence-electron chi connectivity index (χ4n) is 2.69. The van der Waals surface area contributed by atoms with Gasteiger partial charge in [-0.25, -0.2) is 0 Å². The zero-order chi connectivity index (χ0) is 8.93. The number of hydrogen-bond donors (Lipinski definition) is 1. The molecule has 0 aromatic carbocycles. The van der Waals surface area contributed by atoms with Crippen molar-refractivity contribution in [3.63, 3.8) is 0 Å². The van der Waals surface area contributed by atoms with E-state index >= 15 is 0 Å².